The van der Waals surface area contributed by atoms with Crippen LogP contribution in [0.15, 0.2) is 60.5 Å². The number of hydrogen-bond donors (Lipinski definition) is 1. The zero-order valence-corrected chi connectivity index (χ0v) is 17.2. The van der Waals surface area contributed by atoms with E-state index in [2.05, 4.69) is 11.1 Å². The van der Waals surface area contributed by atoms with Crippen LogP contribution in [-0.4, -0.2) is 15.9 Å². The summed E-state index contributed by atoms with van der Waals surface area (Å²) >= 11 is 0. The standard InChI is InChI=1S/C17H14N.C5H8O2.Ir/c1-12-9-13(2)11-15(10-12)17-16-6-4-3-5-14(16)7-8-18-17;1-4(6)3-5(2)7;/h3-10H,1-2H3;3,6H,1-2H3;/q-1;;/b;4-3-;/i2D3;;. The van der Waals surface area contributed by atoms with E-state index in [0.717, 1.165) is 27.6 Å². The van der Waals surface area contributed by atoms with Gasteiger partial charge in [0.2, 0.25) is 0 Å². The normalized spacial score (nSPS) is 12.7. The van der Waals surface area contributed by atoms with Gasteiger partial charge in [-0.1, -0.05) is 38.0 Å². The Morgan fingerprint density at radius 1 is 1.23 bits per heavy atom. The third kappa shape index (κ3) is 6.21. The Morgan fingerprint density at radius 3 is 2.58 bits per heavy atom. The van der Waals surface area contributed by atoms with Gasteiger partial charge in [0, 0.05) is 36.5 Å². The van der Waals surface area contributed by atoms with Crippen LogP contribution in [0.1, 0.15) is 29.1 Å². The van der Waals surface area contributed by atoms with E-state index < -0.39 is 6.85 Å². The third-order valence-electron chi connectivity index (χ3n) is 3.35. The molecule has 137 valence electrons. The SMILES string of the molecule is CC(=O)/C=C(/C)O.[2H]C([2H])([2H])c1[c-]c(-c2nccc3ccccc23)cc(C)c1.[Ir]. The first kappa shape index (κ1) is 17.1. The number of rotatable bonds is 2. The molecule has 3 nitrogen and oxygen atoms in total. The van der Waals surface area contributed by atoms with E-state index in [1.165, 1.54) is 19.9 Å². The van der Waals surface area contributed by atoms with Gasteiger partial charge in [0.05, 0.1) is 5.76 Å². The summed E-state index contributed by atoms with van der Waals surface area (Å²) in [6, 6.07) is 16.5. The second-order valence-electron chi connectivity index (χ2n) is 5.76. The number of ketones is 1. The number of aliphatic hydroxyl groups is 1. The Bertz CT molecular complexity index is 1020. The first-order valence-corrected chi connectivity index (χ1v) is 7.84. The van der Waals surface area contributed by atoms with Crippen molar-refractivity contribution in [3.05, 3.63) is 77.7 Å². The molecule has 26 heavy (non-hydrogen) atoms. The molecule has 0 saturated carbocycles. The Balaban J connectivity index is 0.000000456. The van der Waals surface area contributed by atoms with Crippen LogP contribution < -0.4 is 0 Å². The van der Waals surface area contributed by atoms with Gasteiger partial charge in [0.15, 0.2) is 5.78 Å². The summed E-state index contributed by atoms with van der Waals surface area (Å²) in [5.74, 6) is -0.0625. The predicted molar refractivity (Wildman–Crippen MR) is 103 cm³/mol. The first-order chi connectivity index (χ1) is 13.1. The van der Waals surface area contributed by atoms with Gasteiger partial charge in [-0.25, -0.2) is 0 Å². The zero-order valence-electron chi connectivity index (χ0n) is 17.8. The summed E-state index contributed by atoms with van der Waals surface area (Å²) in [5.41, 5.74) is 2.61. The number of carbonyl (C=O) groups is 1. The molecule has 0 unspecified atom stereocenters. The van der Waals surface area contributed by atoms with Gasteiger partial charge in [0.25, 0.3) is 0 Å². The topological polar surface area (TPSA) is 50.2 Å². The quantitative estimate of drug-likeness (QED) is 0.278. The van der Waals surface area contributed by atoms with Gasteiger partial charge in [-0.05, 0) is 36.4 Å². The molecule has 1 heterocycles. The predicted octanol–water partition coefficient (Wildman–Crippen LogP) is 5.35. The molecule has 0 atom stereocenters. The van der Waals surface area contributed by atoms with E-state index >= 15 is 0 Å². The molecule has 0 bridgehead atoms. The maximum atomic E-state index is 10.0. The number of carbonyl (C=O) groups excluding carboxylic acids is 1. The van der Waals surface area contributed by atoms with Crippen molar-refractivity contribution in [2.75, 3.05) is 0 Å². The van der Waals surface area contributed by atoms with Crippen molar-refractivity contribution >= 4 is 16.6 Å². The van der Waals surface area contributed by atoms with Crippen molar-refractivity contribution in [1.29, 1.82) is 0 Å². The Labute approximate surface area is 172 Å². The molecule has 4 heteroatoms. The van der Waals surface area contributed by atoms with Crippen molar-refractivity contribution in [2.45, 2.75) is 27.6 Å². The molecule has 2 aromatic carbocycles. The van der Waals surface area contributed by atoms with Crippen LogP contribution in [0.4, 0.5) is 0 Å². The summed E-state index contributed by atoms with van der Waals surface area (Å²) in [5, 5.41) is 10.4. The van der Waals surface area contributed by atoms with E-state index in [1.807, 2.05) is 43.3 Å². The fourth-order valence-electron chi connectivity index (χ4n) is 2.47. The number of aryl methyl sites for hydroxylation is 2. The number of aromatic nitrogens is 1. The van der Waals surface area contributed by atoms with Crippen molar-refractivity contribution in [3.8, 4) is 11.3 Å². The number of allylic oxidation sites excluding steroid dienone is 2. The van der Waals surface area contributed by atoms with Crippen LogP contribution in [0.5, 0.6) is 0 Å². The Kier molecular flexibility index (Phi) is 6.59. The number of benzene rings is 2. The van der Waals surface area contributed by atoms with E-state index in [-0.39, 0.29) is 37.2 Å². The van der Waals surface area contributed by atoms with Crippen LogP contribution in [0.3, 0.4) is 0 Å². The van der Waals surface area contributed by atoms with E-state index in [4.69, 9.17) is 9.22 Å². The van der Waals surface area contributed by atoms with Crippen LogP contribution in [0.25, 0.3) is 22.0 Å². The minimum atomic E-state index is -2.16. The number of fused-ring (bicyclic) bond motifs is 1. The van der Waals surface area contributed by atoms with E-state index in [9.17, 15) is 4.79 Å². The summed E-state index contributed by atoms with van der Waals surface area (Å²) < 4.78 is 22.7. The van der Waals surface area contributed by atoms with Crippen molar-refractivity contribution in [1.82, 2.24) is 4.98 Å². The third-order valence-corrected chi connectivity index (χ3v) is 3.35. The molecule has 3 aromatic rings. The molecule has 1 radical (unpaired) electrons. The molecule has 0 spiro atoms. The van der Waals surface area contributed by atoms with Crippen LogP contribution in [0.2, 0.25) is 0 Å². The van der Waals surface area contributed by atoms with Crippen molar-refractivity contribution in [2.24, 2.45) is 0 Å². The molecule has 0 aliphatic carbocycles. The monoisotopic (exact) mass is 528 g/mol. The van der Waals surface area contributed by atoms with E-state index in [0.29, 0.717) is 0 Å². The molecular weight excluding hydrogens is 502 g/mol. The number of pyridine rings is 1. The first-order valence-electron chi connectivity index (χ1n) is 9.34. The van der Waals surface area contributed by atoms with Gasteiger partial charge >= 0.3 is 0 Å². The maximum Gasteiger partial charge on any atom is 0.155 e. The summed E-state index contributed by atoms with van der Waals surface area (Å²) in [6.07, 6.45) is 2.91. The molecule has 0 aliphatic rings. The summed E-state index contributed by atoms with van der Waals surface area (Å²) in [4.78, 5) is 14.4. The van der Waals surface area contributed by atoms with E-state index in [1.54, 1.807) is 12.3 Å². The average Bonchev–Trinajstić information content (AvgIpc) is 2.59. The second kappa shape index (κ2) is 10.0. The maximum absolute atomic E-state index is 10.0. The van der Waals surface area contributed by atoms with Crippen LogP contribution in [-0.2, 0) is 24.9 Å². The molecule has 1 N–H and O–H groups in total. The molecule has 1 aromatic heterocycles. The molecule has 0 aliphatic heterocycles. The van der Waals surface area contributed by atoms with Gasteiger partial charge < -0.3 is 10.1 Å². The summed E-state index contributed by atoms with van der Waals surface area (Å²) in [7, 11) is 0. The van der Waals surface area contributed by atoms with Crippen molar-refractivity contribution in [3.63, 3.8) is 0 Å². The Hall–Kier alpha value is -2.29. The molecule has 3 rings (SSSR count). The molecule has 0 amide bonds. The van der Waals surface area contributed by atoms with Gasteiger partial charge in [-0.2, -0.15) is 0 Å². The number of nitrogens with zero attached hydrogens (tertiary/aromatic N) is 1. The minimum Gasteiger partial charge on any atom is -0.512 e. The average molecular weight is 528 g/mol. The molecule has 0 fully saturated rings. The minimum absolute atomic E-state index is 0. The second-order valence-corrected chi connectivity index (χ2v) is 5.76. The fourth-order valence-corrected chi connectivity index (χ4v) is 2.47. The van der Waals surface area contributed by atoms with Crippen LogP contribution in [0, 0.1) is 19.8 Å². The van der Waals surface area contributed by atoms with Crippen LogP contribution >= 0.6 is 0 Å². The molecular formula is C22H22IrNO2-. The fraction of sp³-hybridized carbons (Fsp3) is 0.182. The van der Waals surface area contributed by atoms with Crippen molar-refractivity contribution < 1.29 is 34.1 Å². The van der Waals surface area contributed by atoms with Gasteiger partial charge in [-0.15, -0.1) is 34.9 Å². The number of aliphatic hydroxyl groups excluding tert-OH is 1. The summed E-state index contributed by atoms with van der Waals surface area (Å²) in [6.45, 7) is 2.57. The smallest absolute Gasteiger partial charge is 0.155 e. The largest absolute Gasteiger partial charge is 0.512 e. The van der Waals surface area contributed by atoms with Gasteiger partial charge in [0.1, 0.15) is 0 Å². The number of hydrogen-bond acceptors (Lipinski definition) is 3. The van der Waals surface area contributed by atoms with Gasteiger partial charge in [-0.3, -0.25) is 4.79 Å². The molecule has 0 saturated heterocycles. The zero-order chi connectivity index (χ0) is 20.9. The Morgan fingerprint density at radius 2 is 1.96 bits per heavy atom.